The summed E-state index contributed by atoms with van der Waals surface area (Å²) in [7, 11) is 1.69. The van der Waals surface area contributed by atoms with Crippen molar-refractivity contribution in [1.29, 1.82) is 0 Å². The fourth-order valence-electron chi connectivity index (χ4n) is 3.25. The van der Waals surface area contributed by atoms with Gasteiger partial charge in [0.1, 0.15) is 23.1 Å². The molecule has 1 aromatic carbocycles. The van der Waals surface area contributed by atoms with Crippen molar-refractivity contribution >= 4 is 27.8 Å². The number of benzene rings is 1. The lowest BCUT2D eigenvalue weighted by atomic mass is 9.99. The molecule has 4 rings (SSSR count). The summed E-state index contributed by atoms with van der Waals surface area (Å²) in [6, 6.07) is 6.04. The second-order valence-corrected chi connectivity index (χ2v) is 6.13. The molecule has 2 aromatic heterocycles. The van der Waals surface area contributed by atoms with Gasteiger partial charge >= 0.3 is 0 Å². The van der Waals surface area contributed by atoms with Gasteiger partial charge in [-0.2, -0.15) is 0 Å². The van der Waals surface area contributed by atoms with Crippen LogP contribution in [-0.4, -0.2) is 35.2 Å². The molecule has 1 fully saturated rings. The normalized spacial score (nSPS) is 16.5. The third kappa shape index (κ3) is 2.08. The molecule has 1 N–H and O–H groups in total. The first-order valence-electron chi connectivity index (χ1n) is 7.81. The van der Waals surface area contributed by atoms with Gasteiger partial charge in [-0.1, -0.05) is 6.92 Å². The van der Waals surface area contributed by atoms with Crippen LogP contribution in [0.25, 0.3) is 21.9 Å². The van der Waals surface area contributed by atoms with Gasteiger partial charge in [0.2, 0.25) is 0 Å². The van der Waals surface area contributed by atoms with Crippen molar-refractivity contribution in [2.75, 3.05) is 25.1 Å². The molecule has 0 spiro atoms. The van der Waals surface area contributed by atoms with Crippen LogP contribution in [0.2, 0.25) is 0 Å². The first kappa shape index (κ1) is 13.4. The number of nitrogens with zero attached hydrogens (tertiary/aromatic N) is 3. The Hall–Kier alpha value is -2.30. The van der Waals surface area contributed by atoms with E-state index >= 15 is 0 Å². The number of fused-ring (bicyclic) bond motifs is 3. The summed E-state index contributed by atoms with van der Waals surface area (Å²) in [6.07, 6.45) is 4.11. The van der Waals surface area contributed by atoms with Gasteiger partial charge in [-0.05, 0) is 37.0 Å². The number of H-pyrrole nitrogens is 1. The van der Waals surface area contributed by atoms with E-state index in [1.807, 2.05) is 18.2 Å². The van der Waals surface area contributed by atoms with E-state index in [1.54, 1.807) is 13.4 Å². The van der Waals surface area contributed by atoms with E-state index in [2.05, 4.69) is 26.8 Å². The van der Waals surface area contributed by atoms with Crippen LogP contribution in [0.3, 0.4) is 0 Å². The summed E-state index contributed by atoms with van der Waals surface area (Å²) in [5.74, 6) is 2.67. The molecule has 5 nitrogen and oxygen atoms in total. The molecule has 0 atom stereocenters. The molecule has 0 amide bonds. The van der Waals surface area contributed by atoms with E-state index in [9.17, 15) is 0 Å². The highest BCUT2D eigenvalue weighted by Gasteiger charge is 2.20. The summed E-state index contributed by atoms with van der Waals surface area (Å²) in [5.41, 5.74) is 3.07. The molecule has 0 saturated carbocycles. The zero-order valence-corrected chi connectivity index (χ0v) is 13.0. The lowest BCUT2D eigenvalue weighted by Gasteiger charge is -2.31. The van der Waals surface area contributed by atoms with Gasteiger partial charge in [-0.15, -0.1) is 0 Å². The van der Waals surface area contributed by atoms with Crippen LogP contribution in [0, 0.1) is 5.92 Å². The van der Waals surface area contributed by atoms with Gasteiger partial charge in [0.15, 0.2) is 5.82 Å². The Kier molecular flexibility index (Phi) is 3.13. The summed E-state index contributed by atoms with van der Waals surface area (Å²) >= 11 is 0. The fourth-order valence-corrected chi connectivity index (χ4v) is 3.25. The molecule has 0 aliphatic carbocycles. The molecule has 1 aliphatic heterocycles. The average molecular weight is 296 g/mol. The quantitative estimate of drug-likeness (QED) is 0.788. The Balaban J connectivity index is 1.86. The first-order valence-corrected chi connectivity index (χ1v) is 7.81. The SMILES string of the molecule is COc1ccc2[nH]c3c(N4CCC(C)CC4)ncnc3c2c1. The molecule has 22 heavy (non-hydrogen) atoms. The number of piperidine rings is 1. The van der Waals surface area contributed by atoms with Gasteiger partial charge < -0.3 is 14.6 Å². The molecular formula is C17H20N4O. The van der Waals surface area contributed by atoms with Crippen molar-refractivity contribution in [3.05, 3.63) is 24.5 Å². The Morgan fingerprint density at radius 2 is 2.05 bits per heavy atom. The fraction of sp³-hybridized carbons (Fsp3) is 0.412. The van der Waals surface area contributed by atoms with Gasteiger partial charge in [0.05, 0.1) is 7.11 Å². The zero-order valence-electron chi connectivity index (χ0n) is 13.0. The summed E-state index contributed by atoms with van der Waals surface area (Å²) in [4.78, 5) is 14.9. The van der Waals surface area contributed by atoms with E-state index in [4.69, 9.17) is 4.74 Å². The van der Waals surface area contributed by atoms with E-state index < -0.39 is 0 Å². The minimum absolute atomic E-state index is 0.806. The minimum atomic E-state index is 0.806. The molecule has 0 radical (unpaired) electrons. The molecule has 1 aliphatic rings. The highest BCUT2D eigenvalue weighted by atomic mass is 16.5. The number of aromatic amines is 1. The lowest BCUT2D eigenvalue weighted by Crippen LogP contribution is -2.33. The minimum Gasteiger partial charge on any atom is -0.497 e. The van der Waals surface area contributed by atoms with Crippen molar-refractivity contribution < 1.29 is 4.74 Å². The van der Waals surface area contributed by atoms with E-state index in [0.29, 0.717) is 0 Å². The summed E-state index contributed by atoms with van der Waals surface area (Å²) in [5, 5.41) is 1.09. The number of hydrogen-bond donors (Lipinski definition) is 1. The van der Waals surface area contributed by atoms with Crippen LogP contribution < -0.4 is 9.64 Å². The topological polar surface area (TPSA) is 54.0 Å². The smallest absolute Gasteiger partial charge is 0.156 e. The van der Waals surface area contributed by atoms with Crippen molar-refractivity contribution in [2.45, 2.75) is 19.8 Å². The predicted octanol–water partition coefficient (Wildman–Crippen LogP) is 3.36. The number of rotatable bonds is 2. The van der Waals surface area contributed by atoms with Crippen LogP contribution in [0.5, 0.6) is 5.75 Å². The predicted molar refractivity (Wildman–Crippen MR) is 88.6 cm³/mol. The van der Waals surface area contributed by atoms with Crippen LogP contribution >= 0.6 is 0 Å². The molecular weight excluding hydrogens is 276 g/mol. The van der Waals surface area contributed by atoms with Gasteiger partial charge in [-0.25, -0.2) is 9.97 Å². The Morgan fingerprint density at radius 1 is 1.23 bits per heavy atom. The maximum atomic E-state index is 5.33. The Labute approximate surface area is 129 Å². The third-order valence-electron chi connectivity index (χ3n) is 4.65. The van der Waals surface area contributed by atoms with Crippen molar-refractivity contribution in [3.8, 4) is 5.75 Å². The van der Waals surface area contributed by atoms with Crippen molar-refractivity contribution in [2.24, 2.45) is 5.92 Å². The highest BCUT2D eigenvalue weighted by molar-refractivity contribution is 6.08. The Morgan fingerprint density at radius 3 is 2.82 bits per heavy atom. The number of anilines is 1. The van der Waals surface area contributed by atoms with Crippen molar-refractivity contribution in [1.82, 2.24) is 15.0 Å². The number of aromatic nitrogens is 3. The van der Waals surface area contributed by atoms with Gasteiger partial charge in [0, 0.05) is 24.0 Å². The molecule has 0 unspecified atom stereocenters. The number of hydrogen-bond acceptors (Lipinski definition) is 4. The van der Waals surface area contributed by atoms with E-state index in [1.165, 1.54) is 12.8 Å². The van der Waals surface area contributed by atoms with Crippen LogP contribution in [-0.2, 0) is 0 Å². The molecule has 1 saturated heterocycles. The second-order valence-electron chi connectivity index (χ2n) is 6.13. The third-order valence-corrected chi connectivity index (χ3v) is 4.65. The van der Waals surface area contributed by atoms with Crippen LogP contribution in [0.4, 0.5) is 5.82 Å². The summed E-state index contributed by atoms with van der Waals surface area (Å²) in [6.45, 7) is 4.44. The first-order chi connectivity index (χ1) is 10.8. The largest absolute Gasteiger partial charge is 0.497 e. The highest BCUT2D eigenvalue weighted by Crippen LogP contribution is 2.32. The zero-order chi connectivity index (χ0) is 15.1. The maximum absolute atomic E-state index is 5.33. The Bertz CT molecular complexity index is 818. The molecule has 3 aromatic rings. The molecule has 114 valence electrons. The number of methoxy groups -OCH3 is 1. The van der Waals surface area contributed by atoms with Crippen molar-refractivity contribution in [3.63, 3.8) is 0 Å². The number of nitrogens with one attached hydrogen (secondary N) is 1. The molecule has 0 bridgehead atoms. The van der Waals surface area contributed by atoms with E-state index in [-0.39, 0.29) is 0 Å². The maximum Gasteiger partial charge on any atom is 0.156 e. The number of ether oxygens (including phenoxy) is 1. The average Bonchev–Trinajstić information content (AvgIpc) is 2.93. The molecule has 5 heteroatoms. The standard InChI is InChI=1S/C17H20N4O/c1-11-5-7-21(8-6-11)17-16-15(18-10-19-17)13-9-12(22-2)3-4-14(13)20-16/h3-4,9-11,20H,5-8H2,1-2H3. The lowest BCUT2D eigenvalue weighted by molar-refractivity contribution is 0.415. The second kappa shape index (κ2) is 5.16. The molecule has 3 heterocycles. The van der Waals surface area contributed by atoms with Gasteiger partial charge in [-0.3, -0.25) is 0 Å². The summed E-state index contributed by atoms with van der Waals surface area (Å²) < 4.78 is 5.33. The monoisotopic (exact) mass is 296 g/mol. The van der Waals surface area contributed by atoms with Gasteiger partial charge in [0.25, 0.3) is 0 Å². The van der Waals surface area contributed by atoms with E-state index in [0.717, 1.165) is 52.5 Å². The van der Waals surface area contributed by atoms with Crippen LogP contribution in [0.15, 0.2) is 24.5 Å². The van der Waals surface area contributed by atoms with Crippen LogP contribution in [0.1, 0.15) is 19.8 Å².